The molecule has 1 saturated heterocycles. The van der Waals surface area contributed by atoms with Crippen molar-refractivity contribution in [1.29, 1.82) is 0 Å². The van der Waals surface area contributed by atoms with Gasteiger partial charge in [0.2, 0.25) is 0 Å². The lowest BCUT2D eigenvalue weighted by Gasteiger charge is -2.30. The summed E-state index contributed by atoms with van der Waals surface area (Å²) in [5.74, 6) is -0.329. The largest absolute Gasteiger partial charge is 0.381 e. The second kappa shape index (κ2) is 3.87. The van der Waals surface area contributed by atoms with Crippen molar-refractivity contribution < 1.29 is 14.6 Å². The van der Waals surface area contributed by atoms with Gasteiger partial charge in [-0.25, -0.2) is 0 Å². The summed E-state index contributed by atoms with van der Waals surface area (Å²) in [7, 11) is 0. The molecule has 0 bridgehead atoms. The fraction of sp³-hybridized carbons (Fsp3) is 0.900. The minimum absolute atomic E-state index is 0.267. The van der Waals surface area contributed by atoms with Crippen LogP contribution in [0.3, 0.4) is 0 Å². The molecule has 0 radical (unpaired) electrons. The molecule has 1 rings (SSSR count). The molecule has 0 aromatic heterocycles. The maximum Gasteiger partial charge on any atom is 0.251 e. The lowest BCUT2D eigenvalue weighted by atomic mass is 9.94. The van der Waals surface area contributed by atoms with Gasteiger partial charge in [0.25, 0.3) is 5.91 Å². The van der Waals surface area contributed by atoms with Crippen LogP contribution < -0.4 is 5.32 Å². The fourth-order valence-electron chi connectivity index (χ4n) is 1.47. The van der Waals surface area contributed by atoms with Crippen molar-refractivity contribution in [2.24, 2.45) is 0 Å². The molecule has 82 valence electrons. The first-order valence-electron chi connectivity index (χ1n) is 5.02. The first kappa shape index (κ1) is 11.5. The van der Waals surface area contributed by atoms with E-state index >= 15 is 0 Å². The number of carbonyl (C=O) groups is 1. The summed E-state index contributed by atoms with van der Waals surface area (Å²) in [5.41, 5.74) is -1.58. The summed E-state index contributed by atoms with van der Waals surface area (Å²) in [6.45, 7) is 6.22. The van der Waals surface area contributed by atoms with Crippen molar-refractivity contribution in [3.8, 4) is 0 Å². The molecular formula is C10H19NO3. The van der Waals surface area contributed by atoms with Crippen molar-refractivity contribution in [1.82, 2.24) is 5.32 Å². The van der Waals surface area contributed by atoms with Crippen LogP contribution in [0.2, 0.25) is 0 Å². The second-order valence-corrected chi connectivity index (χ2v) is 4.45. The van der Waals surface area contributed by atoms with E-state index < -0.39 is 5.60 Å². The summed E-state index contributed by atoms with van der Waals surface area (Å²) in [6, 6.07) is 0. The lowest BCUT2D eigenvalue weighted by Crippen LogP contribution is -2.54. The highest BCUT2D eigenvalue weighted by molar-refractivity contribution is 5.84. The zero-order valence-electron chi connectivity index (χ0n) is 9.09. The van der Waals surface area contributed by atoms with Gasteiger partial charge in [0.1, 0.15) is 5.60 Å². The van der Waals surface area contributed by atoms with Crippen LogP contribution in [0.1, 0.15) is 33.6 Å². The van der Waals surface area contributed by atoms with Crippen molar-refractivity contribution in [2.75, 3.05) is 13.2 Å². The fourth-order valence-corrected chi connectivity index (χ4v) is 1.47. The number of amides is 1. The van der Waals surface area contributed by atoms with E-state index in [1.54, 1.807) is 0 Å². The first-order chi connectivity index (χ1) is 6.40. The van der Waals surface area contributed by atoms with Crippen LogP contribution in [-0.2, 0) is 9.53 Å². The zero-order valence-corrected chi connectivity index (χ0v) is 9.09. The molecule has 14 heavy (non-hydrogen) atoms. The monoisotopic (exact) mass is 201 g/mol. The van der Waals surface area contributed by atoms with Crippen LogP contribution in [0, 0.1) is 0 Å². The Morgan fingerprint density at radius 3 is 2.64 bits per heavy atom. The average molecular weight is 201 g/mol. The summed E-state index contributed by atoms with van der Waals surface area (Å²) < 4.78 is 5.27. The topological polar surface area (TPSA) is 58.6 Å². The van der Waals surface area contributed by atoms with Gasteiger partial charge in [0.05, 0.1) is 12.1 Å². The number of carbonyl (C=O) groups excluding carboxylic acids is 1. The number of rotatable bonds is 3. The molecule has 0 aromatic carbocycles. The molecule has 0 aromatic rings. The summed E-state index contributed by atoms with van der Waals surface area (Å²) in [5, 5.41) is 12.4. The molecular weight excluding hydrogens is 182 g/mol. The van der Waals surface area contributed by atoms with Crippen LogP contribution >= 0.6 is 0 Å². The van der Waals surface area contributed by atoms with Crippen LogP contribution in [0.15, 0.2) is 0 Å². The van der Waals surface area contributed by atoms with Crippen molar-refractivity contribution in [3.63, 3.8) is 0 Å². The van der Waals surface area contributed by atoms with Gasteiger partial charge in [-0.15, -0.1) is 0 Å². The lowest BCUT2D eigenvalue weighted by molar-refractivity contribution is -0.138. The summed E-state index contributed by atoms with van der Waals surface area (Å²) in [4.78, 5) is 11.6. The molecule has 4 heteroatoms. The Hall–Kier alpha value is -0.610. The SMILES string of the molecule is CCC1(NC(=O)C(C)(C)O)CCOC1. The maximum atomic E-state index is 11.6. The zero-order chi connectivity index (χ0) is 10.8. The highest BCUT2D eigenvalue weighted by Crippen LogP contribution is 2.23. The molecule has 0 saturated carbocycles. The predicted molar refractivity (Wildman–Crippen MR) is 52.9 cm³/mol. The minimum atomic E-state index is -1.31. The van der Waals surface area contributed by atoms with E-state index in [2.05, 4.69) is 5.32 Å². The van der Waals surface area contributed by atoms with E-state index in [0.717, 1.165) is 12.8 Å². The Balaban J connectivity index is 2.61. The number of hydrogen-bond donors (Lipinski definition) is 2. The van der Waals surface area contributed by atoms with Crippen LogP contribution in [0.25, 0.3) is 0 Å². The molecule has 1 aliphatic rings. The van der Waals surface area contributed by atoms with Crippen molar-refractivity contribution in [3.05, 3.63) is 0 Å². The van der Waals surface area contributed by atoms with E-state index in [9.17, 15) is 9.90 Å². The maximum absolute atomic E-state index is 11.6. The van der Waals surface area contributed by atoms with Gasteiger partial charge in [-0.3, -0.25) is 4.79 Å². The Morgan fingerprint density at radius 1 is 1.64 bits per heavy atom. The van der Waals surface area contributed by atoms with Crippen molar-refractivity contribution >= 4 is 5.91 Å². The molecule has 4 nitrogen and oxygen atoms in total. The molecule has 2 N–H and O–H groups in total. The normalized spacial score (nSPS) is 27.7. The van der Waals surface area contributed by atoms with Gasteiger partial charge in [-0.2, -0.15) is 0 Å². The molecule has 0 spiro atoms. The Labute approximate surface area is 84.6 Å². The third-order valence-corrected chi connectivity index (χ3v) is 2.71. The molecule has 0 aliphatic carbocycles. The van der Waals surface area contributed by atoms with Crippen LogP contribution in [-0.4, -0.2) is 35.4 Å². The van der Waals surface area contributed by atoms with Crippen LogP contribution in [0.5, 0.6) is 0 Å². The Kier molecular flexibility index (Phi) is 3.17. The molecule has 1 atom stereocenters. The minimum Gasteiger partial charge on any atom is -0.381 e. The molecule has 1 heterocycles. The van der Waals surface area contributed by atoms with Gasteiger partial charge < -0.3 is 15.2 Å². The number of aliphatic hydroxyl groups is 1. The van der Waals surface area contributed by atoms with E-state index in [1.807, 2.05) is 6.92 Å². The number of hydrogen-bond acceptors (Lipinski definition) is 3. The molecule has 1 unspecified atom stereocenters. The average Bonchev–Trinajstić information content (AvgIpc) is 2.52. The van der Waals surface area contributed by atoms with Gasteiger partial charge in [0.15, 0.2) is 0 Å². The highest BCUT2D eigenvalue weighted by atomic mass is 16.5. The van der Waals surface area contributed by atoms with Gasteiger partial charge >= 0.3 is 0 Å². The van der Waals surface area contributed by atoms with E-state index in [-0.39, 0.29) is 11.4 Å². The Morgan fingerprint density at radius 2 is 2.29 bits per heavy atom. The quantitative estimate of drug-likeness (QED) is 0.696. The molecule has 1 amide bonds. The first-order valence-corrected chi connectivity index (χ1v) is 5.02. The molecule has 1 aliphatic heterocycles. The number of nitrogens with one attached hydrogen (secondary N) is 1. The van der Waals surface area contributed by atoms with Gasteiger partial charge in [0, 0.05) is 6.61 Å². The highest BCUT2D eigenvalue weighted by Gasteiger charge is 2.37. The van der Waals surface area contributed by atoms with E-state index in [4.69, 9.17) is 4.74 Å². The van der Waals surface area contributed by atoms with E-state index in [0.29, 0.717) is 13.2 Å². The third-order valence-electron chi connectivity index (χ3n) is 2.71. The van der Waals surface area contributed by atoms with Crippen LogP contribution in [0.4, 0.5) is 0 Å². The number of ether oxygens (including phenoxy) is 1. The predicted octanol–water partition coefficient (Wildman–Crippen LogP) is 0.443. The van der Waals surface area contributed by atoms with Gasteiger partial charge in [-0.05, 0) is 26.7 Å². The third kappa shape index (κ3) is 2.45. The van der Waals surface area contributed by atoms with Crippen molar-refractivity contribution in [2.45, 2.75) is 44.8 Å². The standard InChI is InChI=1S/C10H19NO3/c1-4-10(5-6-14-7-10)11-8(12)9(2,3)13/h13H,4-7H2,1-3H3,(H,11,12). The second-order valence-electron chi connectivity index (χ2n) is 4.45. The van der Waals surface area contributed by atoms with E-state index in [1.165, 1.54) is 13.8 Å². The van der Waals surface area contributed by atoms with Gasteiger partial charge in [-0.1, -0.05) is 6.92 Å². The summed E-state index contributed by atoms with van der Waals surface area (Å²) in [6.07, 6.45) is 1.65. The smallest absolute Gasteiger partial charge is 0.251 e. The Bertz CT molecular complexity index is 214. The molecule has 1 fully saturated rings. The summed E-state index contributed by atoms with van der Waals surface area (Å²) >= 11 is 0.